The summed E-state index contributed by atoms with van der Waals surface area (Å²) in [5, 5.41) is 18.2. The molecule has 2 aromatic rings. The fraction of sp³-hybridized carbons (Fsp3) is 0.0667. The van der Waals surface area contributed by atoms with Crippen LogP contribution in [0, 0.1) is 0 Å². The molecule has 132 valence electrons. The number of rotatable bonds is 5. The third-order valence-corrected chi connectivity index (χ3v) is 4.48. The van der Waals surface area contributed by atoms with Crippen molar-refractivity contribution < 1.29 is 23.1 Å². The summed E-state index contributed by atoms with van der Waals surface area (Å²) in [7, 11) is -2.65. The van der Waals surface area contributed by atoms with Crippen LogP contribution in [0.1, 0.15) is 15.9 Å². The third-order valence-electron chi connectivity index (χ3n) is 3.08. The molecule has 2 rings (SSSR count). The fourth-order valence-electron chi connectivity index (χ4n) is 1.87. The van der Waals surface area contributed by atoms with Crippen LogP contribution in [0.25, 0.3) is 0 Å². The predicted octanol–water partition coefficient (Wildman–Crippen LogP) is 1.47. The van der Waals surface area contributed by atoms with Crippen LogP contribution in [-0.2, 0) is 10.0 Å². The maximum absolute atomic E-state index is 12.0. The topological polar surface area (TPSA) is 131 Å². The van der Waals surface area contributed by atoms with E-state index in [2.05, 4.69) is 10.5 Å². The van der Waals surface area contributed by atoms with Crippen molar-refractivity contribution in [3.8, 4) is 11.5 Å². The molecule has 0 fully saturated rings. The van der Waals surface area contributed by atoms with Gasteiger partial charge in [0.15, 0.2) is 11.5 Å². The van der Waals surface area contributed by atoms with Crippen LogP contribution in [0.4, 0.5) is 0 Å². The van der Waals surface area contributed by atoms with Crippen molar-refractivity contribution in [1.29, 1.82) is 0 Å². The second kappa shape index (κ2) is 7.51. The highest BCUT2D eigenvalue weighted by molar-refractivity contribution is 7.89. The molecule has 2 aromatic carbocycles. The van der Waals surface area contributed by atoms with Gasteiger partial charge in [0.25, 0.3) is 5.91 Å². The van der Waals surface area contributed by atoms with Crippen LogP contribution in [-0.4, -0.2) is 32.8 Å². The van der Waals surface area contributed by atoms with E-state index in [1.807, 2.05) is 0 Å². The minimum Gasteiger partial charge on any atom is -0.504 e. The number of nitrogens with zero attached hydrogens (tertiary/aromatic N) is 1. The number of phenols is 1. The van der Waals surface area contributed by atoms with Gasteiger partial charge in [0, 0.05) is 5.56 Å². The van der Waals surface area contributed by atoms with E-state index in [-0.39, 0.29) is 27.0 Å². The Bertz CT molecular complexity index is 944. The molecule has 0 aliphatic heterocycles. The van der Waals surface area contributed by atoms with Gasteiger partial charge in [-0.2, -0.15) is 5.10 Å². The Morgan fingerprint density at radius 1 is 1.32 bits per heavy atom. The van der Waals surface area contributed by atoms with Crippen molar-refractivity contribution in [3.05, 3.63) is 52.5 Å². The number of primary sulfonamides is 1. The first kappa shape index (κ1) is 18.7. The summed E-state index contributed by atoms with van der Waals surface area (Å²) in [5.41, 5.74) is 2.83. The number of benzene rings is 2. The van der Waals surface area contributed by atoms with E-state index in [9.17, 15) is 18.3 Å². The smallest absolute Gasteiger partial charge is 0.271 e. The number of ether oxygens (including phenoxy) is 1. The van der Waals surface area contributed by atoms with Gasteiger partial charge in [-0.05, 0) is 42.0 Å². The Morgan fingerprint density at radius 2 is 2.04 bits per heavy atom. The van der Waals surface area contributed by atoms with E-state index < -0.39 is 15.9 Å². The molecular weight excluding hydrogens is 370 g/mol. The monoisotopic (exact) mass is 383 g/mol. The van der Waals surface area contributed by atoms with Gasteiger partial charge in [-0.25, -0.2) is 19.0 Å². The van der Waals surface area contributed by atoms with Gasteiger partial charge in [0.2, 0.25) is 10.0 Å². The van der Waals surface area contributed by atoms with Gasteiger partial charge in [-0.1, -0.05) is 11.6 Å². The highest BCUT2D eigenvalue weighted by atomic mass is 35.5. The number of nitrogens with two attached hydrogens (primary N) is 1. The van der Waals surface area contributed by atoms with E-state index in [0.29, 0.717) is 5.56 Å². The first-order valence-corrected chi connectivity index (χ1v) is 8.67. The molecule has 0 bridgehead atoms. The molecule has 4 N–H and O–H groups in total. The van der Waals surface area contributed by atoms with Crippen molar-refractivity contribution in [2.75, 3.05) is 7.11 Å². The molecule has 0 atom stereocenters. The van der Waals surface area contributed by atoms with Crippen LogP contribution in [0.2, 0.25) is 5.02 Å². The van der Waals surface area contributed by atoms with Gasteiger partial charge < -0.3 is 9.84 Å². The molecule has 0 aromatic heterocycles. The molecule has 10 heteroatoms. The molecule has 0 spiro atoms. The molecule has 25 heavy (non-hydrogen) atoms. The van der Waals surface area contributed by atoms with Crippen molar-refractivity contribution >= 4 is 33.7 Å². The summed E-state index contributed by atoms with van der Waals surface area (Å²) in [5.74, 6) is -0.422. The number of amides is 1. The minimum atomic E-state index is -4.05. The number of hydrogen-bond donors (Lipinski definition) is 3. The Kier molecular flexibility index (Phi) is 5.62. The number of nitrogens with one attached hydrogen (secondary N) is 1. The second-order valence-corrected chi connectivity index (χ2v) is 6.76. The lowest BCUT2D eigenvalue weighted by atomic mass is 10.2. The minimum absolute atomic E-state index is 0.0221. The predicted molar refractivity (Wildman–Crippen MR) is 92.5 cm³/mol. The molecular formula is C15H14ClN3O5S. The van der Waals surface area contributed by atoms with Gasteiger partial charge in [0.05, 0.1) is 18.3 Å². The van der Waals surface area contributed by atoms with Crippen LogP contribution in [0.15, 0.2) is 46.4 Å². The average molecular weight is 384 g/mol. The molecule has 0 radical (unpaired) electrons. The van der Waals surface area contributed by atoms with E-state index in [1.54, 1.807) is 6.07 Å². The number of carbonyl (C=O) groups excluding carboxylic acids is 1. The van der Waals surface area contributed by atoms with Gasteiger partial charge in [0.1, 0.15) is 4.90 Å². The number of hydrazone groups is 1. The highest BCUT2D eigenvalue weighted by Gasteiger charge is 2.16. The van der Waals surface area contributed by atoms with Crippen LogP contribution in [0.3, 0.4) is 0 Å². The second-order valence-electron chi connectivity index (χ2n) is 4.82. The van der Waals surface area contributed by atoms with Crippen LogP contribution >= 0.6 is 11.6 Å². The van der Waals surface area contributed by atoms with E-state index in [1.165, 1.54) is 37.6 Å². The highest BCUT2D eigenvalue weighted by Crippen LogP contribution is 2.25. The average Bonchev–Trinajstić information content (AvgIpc) is 2.55. The zero-order valence-electron chi connectivity index (χ0n) is 12.9. The Hall–Kier alpha value is -2.62. The molecule has 0 saturated carbocycles. The molecule has 8 nitrogen and oxygen atoms in total. The number of carbonyl (C=O) groups is 1. The number of hydrogen-bond acceptors (Lipinski definition) is 6. The Balaban J connectivity index is 2.15. The summed E-state index contributed by atoms with van der Waals surface area (Å²) in [6, 6.07) is 8.16. The summed E-state index contributed by atoms with van der Waals surface area (Å²) in [4.78, 5) is 11.7. The molecule has 0 aliphatic carbocycles. The normalized spacial score (nSPS) is 11.5. The largest absolute Gasteiger partial charge is 0.504 e. The maximum atomic E-state index is 12.0. The quantitative estimate of drug-likeness (QED) is 0.531. The number of aromatic hydroxyl groups is 1. The van der Waals surface area contributed by atoms with Gasteiger partial charge >= 0.3 is 0 Å². The standard InChI is InChI=1S/C15H14ClN3O5S/c1-24-13-6-9(2-5-12(13)20)8-18-19-15(21)10-3-4-11(16)14(7-10)25(17,22)23/h2-8,20H,1H3,(H,19,21)(H2,17,22,23)/b18-8+. The number of halogens is 1. The van der Waals surface area contributed by atoms with E-state index >= 15 is 0 Å². The van der Waals surface area contributed by atoms with Crippen molar-refractivity contribution in [3.63, 3.8) is 0 Å². The number of sulfonamides is 1. The first-order valence-electron chi connectivity index (χ1n) is 6.75. The lowest BCUT2D eigenvalue weighted by molar-refractivity contribution is 0.0955. The maximum Gasteiger partial charge on any atom is 0.271 e. The molecule has 1 amide bonds. The van der Waals surface area contributed by atoms with Crippen molar-refractivity contribution in [1.82, 2.24) is 5.43 Å². The summed E-state index contributed by atoms with van der Waals surface area (Å²) in [6.45, 7) is 0. The van der Waals surface area contributed by atoms with Gasteiger partial charge in [-0.3, -0.25) is 4.79 Å². The van der Waals surface area contributed by atoms with Crippen molar-refractivity contribution in [2.24, 2.45) is 10.2 Å². The SMILES string of the molecule is COc1cc(/C=N/NC(=O)c2ccc(Cl)c(S(N)(=O)=O)c2)ccc1O. The zero-order chi connectivity index (χ0) is 18.6. The van der Waals surface area contributed by atoms with Crippen LogP contribution in [0.5, 0.6) is 11.5 Å². The van der Waals surface area contributed by atoms with E-state index in [4.69, 9.17) is 21.5 Å². The first-order chi connectivity index (χ1) is 11.7. The Labute approximate surface area is 148 Å². The summed E-state index contributed by atoms with van der Waals surface area (Å²) < 4.78 is 27.8. The van der Waals surface area contributed by atoms with E-state index in [0.717, 1.165) is 6.07 Å². The third kappa shape index (κ3) is 4.69. The lowest BCUT2D eigenvalue weighted by Gasteiger charge is -2.05. The number of methoxy groups -OCH3 is 1. The fourth-order valence-corrected chi connectivity index (χ4v) is 2.94. The molecule has 0 saturated heterocycles. The molecule has 0 aliphatic rings. The van der Waals surface area contributed by atoms with Gasteiger partial charge in [-0.15, -0.1) is 0 Å². The summed E-state index contributed by atoms with van der Waals surface area (Å²) in [6.07, 6.45) is 1.33. The molecule has 0 heterocycles. The number of phenolic OH excluding ortho intramolecular Hbond substituents is 1. The van der Waals surface area contributed by atoms with Crippen LogP contribution < -0.4 is 15.3 Å². The summed E-state index contributed by atoms with van der Waals surface area (Å²) >= 11 is 5.76. The Morgan fingerprint density at radius 3 is 2.68 bits per heavy atom. The zero-order valence-corrected chi connectivity index (χ0v) is 14.5. The van der Waals surface area contributed by atoms with Crippen molar-refractivity contribution in [2.45, 2.75) is 4.90 Å². The molecule has 0 unspecified atom stereocenters. The lowest BCUT2D eigenvalue weighted by Crippen LogP contribution is -2.19.